The third-order valence-corrected chi connectivity index (χ3v) is 10.1. The van der Waals surface area contributed by atoms with Crippen molar-refractivity contribution in [2.24, 2.45) is 0 Å². The van der Waals surface area contributed by atoms with Gasteiger partial charge in [0.2, 0.25) is 5.95 Å². The Bertz CT molecular complexity index is 3130. The third-order valence-electron chi connectivity index (χ3n) is 10.1. The summed E-state index contributed by atoms with van der Waals surface area (Å²) in [6.45, 7) is 0. The Morgan fingerprint density at radius 3 is 1.65 bits per heavy atom. The van der Waals surface area contributed by atoms with E-state index >= 15 is 0 Å². The fourth-order valence-corrected chi connectivity index (χ4v) is 7.88. The van der Waals surface area contributed by atoms with Gasteiger partial charge in [-0.25, -0.2) is 9.97 Å². The Labute approximate surface area is 292 Å². The summed E-state index contributed by atoms with van der Waals surface area (Å²) in [7, 11) is 0. The van der Waals surface area contributed by atoms with E-state index in [2.05, 4.69) is 161 Å². The Morgan fingerprint density at radius 2 is 0.922 bits per heavy atom. The van der Waals surface area contributed by atoms with E-state index in [-0.39, 0.29) is 0 Å². The topological polar surface area (TPSA) is 48.8 Å². The molecule has 0 aliphatic rings. The molecule has 7 aromatic carbocycles. The molecule has 238 valence electrons. The first-order valence-corrected chi connectivity index (χ1v) is 17.2. The number of rotatable bonds is 4. The van der Waals surface area contributed by atoms with Crippen LogP contribution in [0.4, 0.5) is 0 Å². The lowest BCUT2D eigenvalue weighted by molar-refractivity contribution is 0.669. The van der Waals surface area contributed by atoms with Gasteiger partial charge in [-0.1, -0.05) is 115 Å². The summed E-state index contributed by atoms with van der Waals surface area (Å²) in [5.41, 5.74) is 11.0. The van der Waals surface area contributed by atoms with E-state index in [9.17, 15) is 0 Å². The molecule has 0 saturated carbocycles. The molecule has 11 rings (SSSR count). The summed E-state index contributed by atoms with van der Waals surface area (Å²) >= 11 is 0. The number of benzene rings is 7. The van der Waals surface area contributed by atoms with Crippen LogP contribution in [0.15, 0.2) is 174 Å². The Morgan fingerprint density at radius 1 is 0.373 bits per heavy atom. The Hall–Kier alpha value is -6.98. The van der Waals surface area contributed by atoms with Crippen LogP contribution in [-0.4, -0.2) is 19.1 Å². The van der Waals surface area contributed by atoms with E-state index in [1.54, 1.807) is 0 Å². The van der Waals surface area contributed by atoms with Crippen LogP contribution in [0, 0.1) is 0 Å². The number of para-hydroxylation sites is 4. The minimum absolute atomic E-state index is 0.618. The summed E-state index contributed by atoms with van der Waals surface area (Å²) in [5.74, 6) is 0.618. The lowest BCUT2D eigenvalue weighted by Crippen LogP contribution is -2.05. The molecule has 5 heteroatoms. The van der Waals surface area contributed by atoms with Crippen molar-refractivity contribution in [1.29, 1.82) is 0 Å². The SMILES string of the molecule is c1ccc(-c2cc(-c3ccc4oc5ccccc5c4c3)nc(-n3c4ccccc4c4ccc5c6ccccc6n(-c6ccccc6)c5c43)n2)cc1. The molecule has 0 unspecified atom stereocenters. The van der Waals surface area contributed by atoms with E-state index in [0.29, 0.717) is 5.95 Å². The fourth-order valence-electron chi connectivity index (χ4n) is 7.88. The van der Waals surface area contributed by atoms with Gasteiger partial charge in [0.25, 0.3) is 0 Å². The van der Waals surface area contributed by atoms with E-state index in [0.717, 1.165) is 83.0 Å². The van der Waals surface area contributed by atoms with Gasteiger partial charge in [-0.2, -0.15) is 0 Å². The third kappa shape index (κ3) is 4.15. The lowest BCUT2D eigenvalue weighted by atomic mass is 10.0. The van der Waals surface area contributed by atoms with E-state index < -0.39 is 0 Å². The molecule has 51 heavy (non-hydrogen) atoms. The second kappa shape index (κ2) is 10.8. The molecular formula is C46H28N4O. The van der Waals surface area contributed by atoms with Gasteiger partial charge < -0.3 is 8.98 Å². The molecule has 0 N–H and O–H groups in total. The van der Waals surface area contributed by atoms with Gasteiger partial charge in [-0.3, -0.25) is 4.57 Å². The second-order valence-corrected chi connectivity index (χ2v) is 13.0. The summed E-state index contributed by atoms with van der Waals surface area (Å²) in [5, 5.41) is 6.85. The minimum atomic E-state index is 0.618. The van der Waals surface area contributed by atoms with Crippen molar-refractivity contribution in [2.45, 2.75) is 0 Å². The average Bonchev–Trinajstić information content (AvgIpc) is 3.86. The van der Waals surface area contributed by atoms with Crippen LogP contribution in [0.3, 0.4) is 0 Å². The first-order valence-electron chi connectivity index (χ1n) is 17.2. The first kappa shape index (κ1) is 27.9. The molecule has 0 atom stereocenters. The second-order valence-electron chi connectivity index (χ2n) is 13.0. The molecule has 0 fully saturated rings. The quantitative estimate of drug-likeness (QED) is 0.190. The zero-order valence-electron chi connectivity index (χ0n) is 27.4. The molecule has 0 radical (unpaired) electrons. The van der Waals surface area contributed by atoms with Crippen LogP contribution < -0.4 is 0 Å². The van der Waals surface area contributed by atoms with Crippen molar-refractivity contribution in [2.75, 3.05) is 0 Å². The van der Waals surface area contributed by atoms with Crippen molar-refractivity contribution in [3.63, 3.8) is 0 Å². The molecule has 0 bridgehead atoms. The maximum atomic E-state index is 6.19. The summed E-state index contributed by atoms with van der Waals surface area (Å²) in [6, 6.07) is 59.4. The molecule has 0 aliphatic carbocycles. The maximum Gasteiger partial charge on any atom is 0.235 e. The normalized spacial score (nSPS) is 11.9. The molecule has 0 aliphatic heterocycles. The Kier molecular flexibility index (Phi) is 5.89. The number of nitrogens with zero attached hydrogens (tertiary/aromatic N) is 4. The highest BCUT2D eigenvalue weighted by atomic mass is 16.3. The first-order chi connectivity index (χ1) is 25.3. The highest BCUT2D eigenvalue weighted by Gasteiger charge is 2.23. The van der Waals surface area contributed by atoms with Gasteiger partial charge in [0.05, 0.1) is 33.5 Å². The number of furan rings is 1. The van der Waals surface area contributed by atoms with Crippen molar-refractivity contribution in [3.05, 3.63) is 170 Å². The highest BCUT2D eigenvalue weighted by Crippen LogP contribution is 2.42. The number of hydrogen-bond acceptors (Lipinski definition) is 3. The van der Waals surface area contributed by atoms with Crippen molar-refractivity contribution in [1.82, 2.24) is 19.1 Å². The molecule has 11 aromatic rings. The van der Waals surface area contributed by atoms with Crippen LogP contribution in [0.2, 0.25) is 0 Å². The van der Waals surface area contributed by atoms with Crippen LogP contribution in [-0.2, 0) is 0 Å². The van der Waals surface area contributed by atoms with E-state index in [4.69, 9.17) is 14.4 Å². The zero-order chi connectivity index (χ0) is 33.5. The predicted octanol–water partition coefficient (Wildman–Crippen LogP) is 11.9. The standard InChI is InChI=1S/C46H28N4O/c1-3-13-29(14-4-1)38-28-39(30-23-26-43-37(27-30)34-19-9-12-22-42(34)51-43)48-46(47-38)50-41-21-11-8-18-33(41)36-25-24-35-32-17-7-10-20-40(32)49(44(35)45(36)50)31-15-5-2-6-16-31/h1-28H. The maximum absolute atomic E-state index is 6.19. The molecule has 0 amide bonds. The van der Waals surface area contributed by atoms with Crippen molar-refractivity contribution >= 4 is 65.6 Å². The molecular weight excluding hydrogens is 625 g/mol. The summed E-state index contributed by atoms with van der Waals surface area (Å²) in [6.07, 6.45) is 0. The molecule has 0 saturated heterocycles. The number of aromatic nitrogens is 4. The van der Waals surface area contributed by atoms with Crippen molar-refractivity contribution in [3.8, 4) is 34.2 Å². The monoisotopic (exact) mass is 652 g/mol. The molecule has 4 heterocycles. The highest BCUT2D eigenvalue weighted by molar-refractivity contribution is 6.23. The van der Waals surface area contributed by atoms with Crippen molar-refractivity contribution < 1.29 is 4.42 Å². The van der Waals surface area contributed by atoms with Crippen LogP contribution in [0.1, 0.15) is 0 Å². The summed E-state index contributed by atoms with van der Waals surface area (Å²) < 4.78 is 10.9. The van der Waals surface area contributed by atoms with Crippen LogP contribution >= 0.6 is 0 Å². The van der Waals surface area contributed by atoms with Gasteiger partial charge in [0, 0.05) is 49.1 Å². The largest absolute Gasteiger partial charge is 0.456 e. The van der Waals surface area contributed by atoms with Gasteiger partial charge >= 0.3 is 0 Å². The number of fused-ring (bicyclic) bond motifs is 10. The predicted molar refractivity (Wildman–Crippen MR) is 209 cm³/mol. The Balaban J connectivity index is 1.28. The smallest absolute Gasteiger partial charge is 0.235 e. The van der Waals surface area contributed by atoms with Crippen LogP contribution in [0.5, 0.6) is 0 Å². The van der Waals surface area contributed by atoms with E-state index in [1.165, 1.54) is 10.8 Å². The van der Waals surface area contributed by atoms with E-state index in [1.807, 2.05) is 18.2 Å². The molecule has 4 aromatic heterocycles. The van der Waals surface area contributed by atoms with Gasteiger partial charge in [-0.15, -0.1) is 0 Å². The van der Waals surface area contributed by atoms with Gasteiger partial charge in [-0.05, 0) is 54.6 Å². The molecule has 5 nitrogen and oxygen atoms in total. The zero-order valence-corrected chi connectivity index (χ0v) is 27.4. The summed E-state index contributed by atoms with van der Waals surface area (Å²) in [4.78, 5) is 10.8. The fraction of sp³-hybridized carbons (Fsp3) is 0. The lowest BCUT2D eigenvalue weighted by Gasteiger charge is -2.14. The van der Waals surface area contributed by atoms with Gasteiger partial charge in [0.15, 0.2) is 0 Å². The minimum Gasteiger partial charge on any atom is -0.456 e. The number of hydrogen-bond donors (Lipinski definition) is 0. The van der Waals surface area contributed by atoms with Crippen LogP contribution in [0.25, 0.3) is 99.7 Å². The average molecular weight is 653 g/mol. The molecule has 0 spiro atoms. The van der Waals surface area contributed by atoms with Gasteiger partial charge in [0.1, 0.15) is 11.2 Å².